The van der Waals surface area contributed by atoms with Gasteiger partial charge in [0.05, 0.1) is 5.69 Å². The second-order valence-electron chi connectivity index (χ2n) is 3.75. The normalized spacial score (nSPS) is 11.4. The van der Waals surface area contributed by atoms with E-state index >= 15 is 0 Å². The van der Waals surface area contributed by atoms with Crippen LogP contribution in [0.2, 0.25) is 0 Å². The molecule has 2 aromatic rings. The van der Waals surface area contributed by atoms with Crippen molar-refractivity contribution in [2.45, 2.75) is 6.18 Å². The van der Waals surface area contributed by atoms with Gasteiger partial charge in [-0.3, -0.25) is 14.5 Å². The molecule has 0 saturated heterocycles. The van der Waals surface area contributed by atoms with Crippen molar-refractivity contribution in [3.8, 4) is 0 Å². The maximum Gasteiger partial charge on any atom is 0.437 e. The van der Waals surface area contributed by atoms with E-state index in [1.165, 1.54) is 31.6 Å². The summed E-state index contributed by atoms with van der Waals surface area (Å²) in [6.07, 6.45) is -0.768. The molecule has 0 atom stereocenters. The van der Waals surface area contributed by atoms with E-state index in [-0.39, 0.29) is 11.3 Å². The number of carbonyl (C=O) groups is 1. The zero-order valence-electron chi connectivity index (χ0n) is 9.77. The van der Waals surface area contributed by atoms with Crippen LogP contribution in [-0.2, 0) is 13.2 Å². The van der Waals surface area contributed by atoms with Crippen molar-refractivity contribution >= 4 is 11.6 Å². The van der Waals surface area contributed by atoms with Gasteiger partial charge in [-0.05, 0) is 12.1 Å². The minimum atomic E-state index is -4.62. The zero-order chi connectivity index (χ0) is 14.0. The molecule has 8 heteroatoms. The molecule has 0 bridgehead atoms. The van der Waals surface area contributed by atoms with Gasteiger partial charge in [-0.2, -0.15) is 18.3 Å². The molecule has 0 radical (unpaired) electrons. The molecule has 0 aliphatic rings. The second kappa shape index (κ2) is 4.71. The summed E-state index contributed by atoms with van der Waals surface area (Å²) in [5.74, 6) is -0.652. The molecular formula is C11H9F3N4O. The fourth-order valence-electron chi connectivity index (χ4n) is 1.49. The topological polar surface area (TPSA) is 59.8 Å². The first kappa shape index (κ1) is 13.1. The number of nitrogens with zero attached hydrogens (tertiary/aromatic N) is 3. The maximum atomic E-state index is 12.7. The number of halogens is 3. The van der Waals surface area contributed by atoms with E-state index < -0.39 is 17.8 Å². The Morgan fingerprint density at radius 2 is 1.95 bits per heavy atom. The number of nitrogens with one attached hydrogen (secondary N) is 1. The summed E-state index contributed by atoms with van der Waals surface area (Å²) in [6.45, 7) is 0. The number of carbonyl (C=O) groups excluding carboxylic acids is 1. The summed E-state index contributed by atoms with van der Waals surface area (Å²) in [6, 6.07) is 2.80. The fraction of sp³-hybridized carbons (Fsp3) is 0.182. The number of anilines is 1. The van der Waals surface area contributed by atoms with Gasteiger partial charge in [0.15, 0.2) is 5.69 Å². The molecule has 0 spiro atoms. The molecule has 0 aliphatic carbocycles. The van der Waals surface area contributed by atoms with E-state index in [1.54, 1.807) is 0 Å². The first-order valence-electron chi connectivity index (χ1n) is 5.20. The van der Waals surface area contributed by atoms with Crippen LogP contribution in [-0.4, -0.2) is 20.7 Å². The molecule has 0 aliphatic heterocycles. The average molecular weight is 270 g/mol. The van der Waals surface area contributed by atoms with Crippen molar-refractivity contribution in [2.24, 2.45) is 7.05 Å². The molecule has 5 nitrogen and oxygen atoms in total. The van der Waals surface area contributed by atoms with E-state index in [4.69, 9.17) is 0 Å². The van der Waals surface area contributed by atoms with Crippen molar-refractivity contribution in [2.75, 3.05) is 5.32 Å². The summed E-state index contributed by atoms with van der Waals surface area (Å²) in [5.41, 5.74) is -1.29. The Labute approximate surface area is 106 Å². The number of hydrogen-bond donors (Lipinski definition) is 1. The molecule has 0 aromatic carbocycles. The Bertz CT molecular complexity index is 592. The summed E-state index contributed by atoms with van der Waals surface area (Å²) in [7, 11) is 1.34. The summed E-state index contributed by atoms with van der Waals surface area (Å²) >= 11 is 0. The SMILES string of the molecule is Cn1cc(NC(=O)c2ccncc2)c(C(F)(F)F)n1. The number of aryl methyl sites for hydroxylation is 1. The van der Waals surface area contributed by atoms with Gasteiger partial charge in [-0.25, -0.2) is 0 Å². The number of pyridine rings is 1. The van der Waals surface area contributed by atoms with Crippen molar-refractivity contribution in [1.82, 2.24) is 14.8 Å². The maximum absolute atomic E-state index is 12.7. The van der Waals surface area contributed by atoms with Gasteiger partial charge >= 0.3 is 6.18 Å². The van der Waals surface area contributed by atoms with E-state index in [0.717, 1.165) is 10.9 Å². The minimum absolute atomic E-state index is 0.215. The Morgan fingerprint density at radius 3 is 2.53 bits per heavy atom. The van der Waals surface area contributed by atoms with Gasteiger partial charge in [0, 0.05) is 31.2 Å². The van der Waals surface area contributed by atoms with Crippen molar-refractivity contribution in [3.63, 3.8) is 0 Å². The number of hydrogen-bond acceptors (Lipinski definition) is 3. The van der Waals surface area contributed by atoms with Crippen LogP contribution >= 0.6 is 0 Å². The molecule has 2 heterocycles. The van der Waals surface area contributed by atoms with Crippen LogP contribution in [0.15, 0.2) is 30.7 Å². The molecule has 19 heavy (non-hydrogen) atoms. The summed E-state index contributed by atoms with van der Waals surface area (Å²) in [4.78, 5) is 15.5. The van der Waals surface area contributed by atoms with Gasteiger partial charge in [0.1, 0.15) is 0 Å². The average Bonchev–Trinajstić information content (AvgIpc) is 2.71. The Balaban J connectivity index is 2.27. The Hall–Kier alpha value is -2.38. The lowest BCUT2D eigenvalue weighted by Gasteiger charge is -2.07. The van der Waals surface area contributed by atoms with Gasteiger partial charge in [-0.15, -0.1) is 0 Å². The highest BCUT2D eigenvalue weighted by atomic mass is 19.4. The molecule has 2 aromatic heterocycles. The summed E-state index contributed by atoms with van der Waals surface area (Å²) in [5, 5.41) is 5.48. The molecule has 1 amide bonds. The van der Waals surface area contributed by atoms with Crippen LogP contribution in [0.25, 0.3) is 0 Å². The molecule has 1 N–H and O–H groups in total. The van der Waals surface area contributed by atoms with E-state index in [2.05, 4.69) is 15.4 Å². The van der Waals surface area contributed by atoms with Crippen LogP contribution in [0.3, 0.4) is 0 Å². The van der Waals surface area contributed by atoms with Crippen molar-refractivity contribution in [3.05, 3.63) is 42.0 Å². The van der Waals surface area contributed by atoms with E-state index in [1.807, 2.05) is 0 Å². The second-order valence-corrected chi connectivity index (χ2v) is 3.75. The fourth-order valence-corrected chi connectivity index (χ4v) is 1.49. The number of amides is 1. The highest BCUT2D eigenvalue weighted by molar-refractivity contribution is 6.04. The first-order valence-corrected chi connectivity index (χ1v) is 5.20. The molecule has 0 saturated carbocycles. The Kier molecular flexibility index (Phi) is 3.24. The minimum Gasteiger partial charge on any atom is -0.319 e. The highest BCUT2D eigenvalue weighted by Gasteiger charge is 2.37. The van der Waals surface area contributed by atoms with Gasteiger partial charge in [-0.1, -0.05) is 0 Å². The van der Waals surface area contributed by atoms with Crippen molar-refractivity contribution in [1.29, 1.82) is 0 Å². The lowest BCUT2D eigenvalue weighted by molar-refractivity contribution is -0.140. The van der Waals surface area contributed by atoms with Gasteiger partial charge < -0.3 is 5.32 Å². The smallest absolute Gasteiger partial charge is 0.319 e. The standard InChI is InChI=1S/C11H9F3N4O/c1-18-6-8(9(17-18)11(12,13)14)16-10(19)7-2-4-15-5-3-7/h2-6H,1H3,(H,16,19). The zero-order valence-corrected chi connectivity index (χ0v) is 9.77. The van der Waals surface area contributed by atoms with E-state index in [9.17, 15) is 18.0 Å². The molecule has 0 fully saturated rings. The lowest BCUT2D eigenvalue weighted by Crippen LogP contribution is -2.16. The number of rotatable bonds is 2. The largest absolute Gasteiger partial charge is 0.437 e. The molecule has 2 rings (SSSR count). The highest BCUT2D eigenvalue weighted by Crippen LogP contribution is 2.33. The van der Waals surface area contributed by atoms with Gasteiger partial charge in [0.2, 0.25) is 0 Å². The van der Waals surface area contributed by atoms with E-state index in [0.29, 0.717) is 0 Å². The third-order valence-electron chi connectivity index (χ3n) is 2.29. The monoisotopic (exact) mass is 270 g/mol. The first-order chi connectivity index (χ1) is 8.88. The summed E-state index contributed by atoms with van der Waals surface area (Å²) < 4.78 is 39.0. The number of aromatic nitrogens is 3. The van der Waals surface area contributed by atoms with Crippen LogP contribution < -0.4 is 5.32 Å². The number of alkyl halides is 3. The lowest BCUT2D eigenvalue weighted by atomic mass is 10.2. The Morgan fingerprint density at radius 1 is 1.32 bits per heavy atom. The third kappa shape index (κ3) is 2.90. The molecular weight excluding hydrogens is 261 g/mol. The van der Waals surface area contributed by atoms with Crippen LogP contribution in [0.5, 0.6) is 0 Å². The quantitative estimate of drug-likeness (QED) is 0.909. The third-order valence-corrected chi connectivity index (χ3v) is 2.29. The molecule has 0 unspecified atom stereocenters. The van der Waals surface area contributed by atoms with Crippen LogP contribution in [0.4, 0.5) is 18.9 Å². The predicted molar refractivity (Wildman–Crippen MR) is 60.4 cm³/mol. The molecule has 100 valence electrons. The van der Waals surface area contributed by atoms with Crippen LogP contribution in [0, 0.1) is 0 Å². The predicted octanol–water partition coefficient (Wildman–Crippen LogP) is 2.09. The van der Waals surface area contributed by atoms with Crippen molar-refractivity contribution < 1.29 is 18.0 Å². The van der Waals surface area contributed by atoms with Crippen LogP contribution in [0.1, 0.15) is 16.1 Å². The van der Waals surface area contributed by atoms with Gasteiger partial charge in [0.25, 0.3) is 5.91 Å².